The smallest absolute Gasteiger partial charge is 0.306 e. The van der Waals surface area contributed by atoms with Gasteiger partial charge in [-0.25, -0.2) is 0 Å². The molecule has 0 N–H and O–H groups in total. The second kappa shape index (κ2) is 71.3. The number of hydrogen-bond donors (Lipinski definition) is 0. The van der Waals surface area contributed by atoms with Gasteiger partial charge in [-0.15, -0.1) is 0 Å². The van der Waals surface area contributed by atoms with Crippen LogP contribution in [0.1, 0.15) is 380 Å². The molecule has 0 aromatic carbocycles. The fourth-order valence-electron chi connectivity index (χ4n) is 10.8. The number of carbonyl (C=O) groups is 3. The van der Waals surface area contributed by atoms with Crippen molar-refractivity contribution in [2.45, 2.75) is 386 Å². The van der Waals surface area contributed by atoms with Gasteiger partial charge in [-0.2, -0.15) is 0 Å². The predicted octanol–water partition coefficient (Wildman–Crippen LogP) is 25.2. The van der Waals surface area contributed by atoms with Crippen molar-refractivity contribution < 1.29 is 28.6 Å². The van der Waals surface area contributed by atoms with E-state index in [9.17, 15) is 14.4 Å². The zero-order valence-electron chi connectivity index (χ0n) is 55.5. The number of carbonyl (C=O) groups excluding carboxylic acids is 3. The minimum Gasteiger partial charge on any atom is -0.462 e. The third-order valence-electron chi connectivity index (χ3n) is 16.2. The molecule has 0 saturated heterocycles. The third kappa shape index (κ3) is 69.5. The molecule has 0 aliphatic heterocycles. The Kier molecular flexibility index (Phi) is 68.6. The minimum absolute atomic E-state index is 0.0710. The molecule has 0 amide bonds. The summed E-state index contributed by atoms with van der Waals surface area (Å²) in [5, 5.41) is 0. The number of esters is 3. The summed E-state index contributed by atoms with van der Waals surface area (Å²) < 4.78 is 17.0. The number of rotatable bonds is 67. The first-order chi connectivity index (χ1) is 41.0. The molecule has 0 bridgehead atoms. The first-order valence-corrected chi connectivity index (χ1v) is 36.4. The van der Waals surface area contributed by atoms with Crippen LogP contribution >= 0.6 is 0 Å². The van der Waals surface area contributed by atoms with Gasteiger partial charge in [-0.1, -0.05) is 344 Å². The van der Waals surface area contributed by atoms with Crippen LogP contribution in [0, 0.1) is 0 Å². The molecule has 0 fully saturated rings. The van der Waals surface area contributed by atoms with E-state index in [-0.39, 0.29) is 31.1 Å². The molecular formula is C77H138O6. The molecule has 0 spiro atoms. The van der Waals surface area contributed by atoms with Crippen molar-refractivity contribution in [2.24, 2.45) is 0 Å². The van der Waals surface area contributed by atoms with Crippen molar-refractivity contribution in [2.75, 3.05) is 13.2 Å². The molecule has 0 heterocycles. The van der Waals surface area contributed by atoms with Gasteiger partial charge in [0.2, 0.25) is 0 Å². The van der Waals surface area contributed by atoms with E-state index in [1.54, 1.807) is 0 Å². The largest absolute Gasteiger partial charge is 0.462 e. The molecule has 1 atom stereocenters. The van der Waals surface area contributed by atoms with Gasteiger partial charge in [-0.05, 0) is 89.9 Å². The molecule has 6 heteroatoms. The van der Waals surface area contributed by atoms with E-state index in [1.807, 2.05) is 0 Å². The quantitative estimate of drug-likeness (QED) is 0.0261. The minimum atomic E-state index is -0.776. The maximum Gasteiger partial charge on any atom is 0.306 e. The van der Waals surface area contributed by atoms with Gasteiger partial charge in [0.25, 0.3) is 0 Å². The van der Waals surface area contributed by atoms with Crippen molar-refractivity contribution in [1.29, 1.82) is 0 Å². The lowest BCUT2D eigenvalue weighted by atomic mass is 10.0. The summed E-state index contributed by atoms with van der Waals surface area (Å²) in [5.74, 6) is -0.850. The summed E-state index contributed by atoms with van der Waals surface area (Å²) in [6, 6.07) is 0. The fraction of sp³-hybridized carbons (Fsp3) is 0.805. The molecule has 0 radical (unpaired) electrons. The highest BCUT2D eigenvalue weighted by Crippen LogP contribution is 2.18. The number of allylic oxidation sites excluding steroid dienone is 12. The Bertz CT molecular complexity index is 1520. The van der Waals surface area contributed by atoms with E-state index in [0.717, 1.165) is 89.9 Å². The zero-order valence-corrected chi connectivity index (χ0v) is 55.5. The molecule has 83 heavy (non-hydrogen) atoms. The normalized spacial score (nSPS) is 12.5. The molecule has 0 aromatic rings. The molecule has 0 aliphatic rings. The second-order valence-corrected chi connectivity index (χ2v) is 24.5. The highest BCUT2D eigenvalue weighted by molar-refractivity contribution is 5.71. The van der Waals surface area contributed by atoms with Gasteiger partial charge in [0.05, 0.1) is 0 Å². The third-order valence-corrected chi connectivity index (χ3v) is 16.2. The van der Waals surface area contributed by atoms with Crippen LogP contribution < -0.4 is 0 Å². The average molecular weight is 1160 g/mol. The van der Waals surface area contributed by atoms with E-state index >= 15 is 0 Å². The van der Waals surface area contributed by atoms with E-state index in [4.69, 9.17) is 14.2 Å². The summed E-state index contributed by atoms with van der Waals surface area (Å²) in [7, 11) is 0. The van der Waals surface area contributed by atoms with Crippen LogP contribution in [-0.4, -0.2) is 37.2 Å². The highest BCUT2D eigenvalue weighted by atomic mass is 16.6. The lowest BCUT2D eigenvalue weighted by molar-refractivity contribution is -0.167. The van der Waals surface area contributed by atoms with Gasteiger partial charge < -0.3 is 14.2 Å². The summed E-state index contributed by atoms with van der Waals surface area (Å²) >= 11 is 0. The number of hydrogen-bond acceptors (Lipinski definition) is 6. The monoisotopic (exact) mass is 1160 g/mol. The van der Waals surface area contributed by atoms with Crippen LogP contribution in [0.5, 0.6) is 0 Å². The van der Waals surface area contributed by atoms with Gasteiger partial charge in [0.1, 0.15) is 13.2 Å². The number of unbranched alkanes of at least 4 members (excludes halogenated alkanes) is 44. The summed E-state index contributed by atoms with van der Waals surface area (Å²) in [5.41, 5.74) is 0. The van der Waals surface area contributed by atoms with Crippen LogP contribution in [0.15, 0.2) is 72.9 Å². The Balaban J connectivity index is 4.25. The van der Waals surface area contributed by atoms with Crippen molar-refractivity contribution in [1.82, 2.24) is 0 Å². The Morgan fingerprint density at radius 2 is 0.470 bits per heavy atom. The summed E-state index contributed by atoms with van der Waals surface area (Å²) in [6.45, 7) is 6.58. The van der Waals surface area contributed by atoms with Crippen molar-refractivity contribution >= 4 is 17.9 Å². The number of ether oxygens (including phenoxy) is 3. The predicted molar refractivity (Wildman–Crippen MR) is 362 cm³/mol. The SMILES string of the molecule is CC/C=C\C/C=C\C/C=C\C/C=C\C/C=C\CCCCCCCCCCCCCC(=O)OCC(COC(=O)CCCCCCCCCCCCCCC)OC(=O)CCCCCCCCCCCCCCC/C=C\CCCCCCCCCC. The maximum atomic E-state index is 13.0. The summed E-state index contributed by atoms with van der Waals surface area (Å²) in [4.78, 5) is 38.5. The maximum absolute atomic E-state index is 13.0. The van der Waals surface area contributed by atoms with Crippen molar-refractivity contribution in [3.8, 4) is 0 Å². The first kappa shape index (κ1) is 79.8. The molecule has 0 aliphatic carbocycles. The van der Waals surface area contributed by atoms with Crippen LogP contribution in [0.4, 0.5) is 0 Å². The van der Waals surface area contributed by atoms with E-state index in [1.165, 1.54) is 250 Å². The van der Waals surface area contributed by atoms with E-state index < -0.39 is 6.10 Å². The lowest BCUT2D eigenvalue weighted by Gasteiger charge is -2.18. The highest BCUT2D eigenvalue weighted by Gasteiger charge is 2.19. The van der Waals surface area contributed by atoms with Crippen molar-refractivity contribution in [3.63, 3.8) is 0 Å². The molecule has 0 rings (SSSR count). The fourth-order valence-corrected chi connectivity index (χ4v) is 10.8. The average Bonchev–Trinajstić information content (AvgIpc) is 3.49. The molecule has 482 valence electrons. The summed E-state index contributed by atoms with van der Waals surface area (Å²) in [6.07, 6.45) is 93.6. The molecule has 6 nitrogen and oxygen atoms in total. The topological polar surface area (TPSA) is 78.9 Å². The molecule has 0 aromatic heterocycles. The molecule has 0 saturated carbocycles. The van der Waals surface area contributed by atoms with Gasteiger partial charge in [0, 0.05) is 19.3 Å². The van der Waals surface area contributed by atoms with Gasteiger partial charge in [0.15, 0.2) is 6.10 Å². The Morgan fingerprint density at radius 3 is 0.747 bits per heavy atom. The van der Waals surface area contributed by atoms with E-state index in [0.29, 0.717) is 19.3 Å². The molecule has 1 unspecified atom stereocenters. The Labute approximate surface area is 516 Å². The van der Waals surface area contributed by atoms with E-state index in [2.05, 4.69) is 93.7 Å². The van der Waals surface area contributed by atoms with Crippen LogP contribution in [0.2, 0.25) is 0 Å². The van der Waals surface area contributed by atoms with Crippen LogP contribution in [0.3, 0.4) is 0 Å². The van der Waals surface area contributed by atoms with Crippen LogP contribution in [0.25, 0.3) is 0 Å². The first-order valence-electron chi connectivity index (χ1n) is 36.4. The lowest BCUT2D eigenvalue weighted by Crippen LogP contribution is -2.30. The Morgan fingerprint density at radius 1 is 0.253 bits per heavy atom. The van der Waals surface area contributed by atoms with Gasteiger partial charge in [-0.3, -0.25) is 14.4 Å². The molecular weight excluding hydrogens is 1020 g/mol. The van der Waals surface area contributed by atoms with Gasteiger partial charge >= 0.3 is 17.9 Å². The zero-order chi connectivity index (χ0) is 59.9. The second-order valence-electron chi connectivity index (χ2n) is 24.5. The Hall–Kier alpha value is -3.15. The van der Waals surface area contributed by atoms with Crippen molar-refractivity contribution in [3.05, 3.63) is 72.9 Å². The van der Waals surface area contributed by atoms with Crippen LogP contribution in [-0.2, 0) is 28.6 Å². The standard InChI is InChI=1S/C77H138O6/c1-4-7-10-13-16-19-22-25-27-29-31-33-35-37-38-40-41-43-45-47-49-52-55-58-61-64-67-70-76(79)82-73-74(72-81-75(78)69-66-63-60-57-54-51-24-21-18-15-12-9-6-3)83-77(80)71-68-65-62-59-56-53-50-48-46-44-42-39-36-34-32-30-28-26-23-20-17-14-11-8-5-2/h7,10,16,19,25,27,30-33,37-38,74H,4-6,8-9,11-15,17-18,20-24,26,28-29,34-36,39-73H2,1-3H3/b10-7-,19-16-,27-25-,32-30-,33-31-,38-37-.